The van der Waals surface area contributed by atoms with Gasteiger partial charge in [-0.2, -0.15) is 5.10 Å². The number of hydrazone groups is 1. The lowest BCUT2D eigenvalue weighted by atomic mass is 10.1. The Morgan fingerprint density at radius 3 is 2.82 bits per heavy atom. The normalized spacial score (nSPS) is 13.5. The highest BCUT2D eigenvalue weighted by Gasteiger charge is 2.14. The van der Waals surface area contributed by atoms with Gasteiger partial charge in [-0.3, -0.25) is 0 Å². The van der Waals surface area contributed by atoms with E-state index in [4.69, 9.17) is 5.73 Å². The van der Waals surface area contributed by atoms with Gasteiger partial charge in [-0.05, 0) is 62.4 Å². The highest BCUT2D eigenvalue weighted by atomic mass is 16.2. The van der Waals surface area contributed by atoms with E-state index in [-0.39, 0.29) is 0 Å². The van der Waals surface area contributed by atoms with Crippen molar-refractivity contribution in [1.29, 1.82) is 0 Å². The number of nitrogens with one attached hydrogen (secondary N) is 1. The molecule has 1 aliphatic carbocycles. The summed E-state index contributed by atoms with van der Waals surface area (Å²) in [5.41, 5.74) is 14.5. The molecule has 0 spiro atoms. The molecule has 0 saturated heterocycles. The number of primary amides is 1. The first-order chi connectivity index (χ1) is 10.6. The molecule has 0 radical (unpaired) electrons. The number of fused-ring (bicyclic) bond motifs is 1. The Bertz CT molecular complexity index is 758. The van der Waals surface area contributed by atoms with E-state index >= 15 is 0 Å². The minimum atomic E-state index is -0.663. The third kappa shape index (κ3) is 2.62. The van der Waals surface area contributed by atoms with Gasteiger partial charge in [0, 0.05) is 22.6 Å². The number of rotatable bonds is 3. The average Bonchev–Trinajstić information content (AvgIpc) is 3.03. The van der Waals surface area contributed by atoms with Crippen LogP contribution in [0.25, 0.3) is 5.69 Å². The van der Waals surface area contributed by atoms with Crippen LogP contribution in [-0.4, -0.2) is 16.8 Å². The van der Waals surface area contributed by atoms with Crippen molar-refractivity contribution in [2.45, 2.75) is 33.1 Å². The lowest BCUT2D eigenvalue weighted by molar-refractivity contribution is 0.249. The van der Waals surface area contributed by atoms with Crippen molar-refractivity contribution in [2.24, 2.45) is 10.8 Å². The maximum Gasteiger partial charge on any atom is 0.332 e. The standard InChI is InChI=1S/C17H20N4O/c1-11-8-15(10-19-20-17(18)22)12(2)21(11)16-7-6-13-4-3-5-14(13)9-16/h6-10H,3-5H2,1-2H3,(H3,18,20,22)/b19-10+. The first kappa shape index (κ1) is 14.4. The number of urea groups is 1. The largest absolute Gasteiger partial charge is 0.350 e. The third-order valence-electron chi connectivity index (χ3n) is 4.19. The quantitative estimate of drug-likeness (QED) is 0.663. The number of nitrogens with zero attached hydrogens (tertiary/aromatic N) is 2. The molecule has 0 fully saturated rings. The van der Waals surface area contributed by atoms with Crippen molar-refractivity contribution < 1.29 is 4.79 Å². The van der Waals surface area contributed by atoms with Crippen LogP contribution in [0.2, 0.25) is 0 Å². The summed E-state index contributed by atoms with van der Waals surface area (Å²) >= 11 is 0. The molecule has 0 atom stereocenters. The number of carbonyl (C=O) groups is 1. The molecule has 22 heavy (non-hydrogen) atoms. The molecule has 1 aliphatic rings. The van der Waals surface area contributed by atoms with Crippen molar-refractivity contribution in [1.82, 2.24) is 9.99 Å². The molecule has 0 unspecified atom stereocenters. The summed E-state index contributed by atoms with van der Waals surface area (Å²) in [6.45, 7) is 4.12. The molecule has 5 heteroatoms. The molecule has 3 rings (SSSR count). The summed E-state index contributed by atoms with van der Waals surface area (Å²) in [6, 6.07) is 8.08. The number of carbonyl (C=O) groups excluding carboxylic acids is 1. The Morgan fingerprint density at radius 1 is 1.27 bits per heavy atom. The zero-order valence-corrected chi connectivity index (χ0v) is 12.9. The zero-order valence-electron chi connectivity index (χ0n) is 12.9. The monoisotopic (exact) mass is 296 g/mol. The van der Waals surface area contributed by atoms with Crippen molar-refractivity contribution >= 4 is 12.2 Å². The van der Waals surface area contributed by atoms with Gasteiger partial charge in [-0.1, -0.05) is 6.07 Å². The van der Waals surface area contributed by atoms with Crippen molar-refractivity contribution in [3.05, 3.63) is 52.3 Å². The Labute approximate surface area is 129 Å². The van der Waals surface area contributed by atoms with Gasteiger partial charge in [0.1, 0.15) is 0 Å². The summed E-state index contributed by atoms with van der Waals surface area (Å²) < 4.78 is 2.21. The van der Waals surface area contributed by atoms with Gasteiger partial charge >= 0.3 is 6.03 Å². The number of benzene rings is 1. The number of amides is 2. The van der Waals surface area contributed by atoms with Crippen LogP contribution in [0.3, 0.4) is 0 Å². The van der Waals surface area contributed by atoms with E-state index in [1.54, 1.807) is 6.21 Å². The molecule has 1 heterocycles. The van der Waals surface area contributed by atoms with E-state index in [1.165, 1.54) is 36.1 Å². The van der Waals surface area contributed by atoms with Crippen LogP contribution in [0.15, 0.2) is 29.4 Å². The van der Waals surface area contributed by atoms with Crippen molar-refractivity contribution in [3.8, 4) is 5.69 Å². The van der Waals surface area contributed by atoms with Crippen LogP contribution in [0.4, 0.5) is 4.79 Å². The zero-order chi connectivity index (χ0) is 15.7. The summed E-state index contributed by atoms with van der Waals surface area (Å²) in [6.07, 6.45) is 5.23. The van der Waals surface area contributed by atoms with Crippen molar-refractivity contribution in [3.63, 3.8) is 0 Å². The molecule has 0 bridgehead atoms. The molecule has 2 aromatic rings. The number of hydrogen-bond donors (Lipinski definition) is 2. The van der Waals surface area contributed by atoms with E-state index in [0.717, 1.165) is 17.0 Å². The van der Waals surface area contributed by atoms with Gasteiger partial charge in [0.05, 0.1) is 6.21 Å². The van der Waals surface area contributed by atoms with Crippen LogP contribution in [0.1, 0.15) is 34.5 Å². The molecular weight excluding hydrogens is 276 g/mol. The Kier molecular flexibility index (Phi) is 3.71. The van der Waals surface area contributed by atoms with Crippen molar-refractivity contribution in [2.75, 3.05) is 0 Å². The maximum atomic E-state index is 10.7. The van der Waals surface area contributed by atoms with E-state index in [9.17, 15) is 4.79 Å². The Morgan fingerprint density at radius 2 is 2.05 bits per heavy atom. The third-order valence-corrected chi connectivity index (χ3v) is 4.19. The average molecular weight is 296 g/mol. The summed E-state index contributed by atoms with van der Waals surface area (Å²) in [4.78, 5) is 10.7. The van der Waals surface area contributed by atoms with Gasteiger partial charge in [-0.15, -0.1) is 0 Å². The number of aromatic nitrogens is 1. The minimum Gasteiger partial charge on any atom is -0.350 e. The Balaban J connectivity index is 1.96. The topological polar surface area (TPSA) is 72.4 Å². The van der Waals surface area contributed by atoms with E-state index in [0.29, 0.717) is 0 Å². The van der Waals surface area contributed by atoms with Crippen LogP contribution in [-0.2, 0) is 12.8 Å². The highest BCUT2D eigenvalue weighted by Crippen LogP contribution is 2.27. The number of hydrogen-bond acceptors (Lipinski definition) is 2. The predicted molar refractivity (Wildman–Crippen MR) is 87.6 cm³/mol. The lowest BCUT2D eigenvalue weighted by Gasteiger charge is -2.11. The first-order valence-electron chi connectivity index (χ1n) is 7.46. The van der Waals surface area contributed by atoms with Gasteiger partial charge in [0.2, 0.25) is 0 Å². The maximum absolute atomic E-state index is 10.7. The van der Waals surface area contributed by atoms with Crippen LogP contribution in [0.5, 0.6) is 0 Å². The smallest absolute Gasteiger partial charge is 0.332 e. The second-order valence-electron chi connectivity index (χ2n) is 5.70. The fourth-order valence-electron chi connectivity index (χ4n) is 3.18. The summed E-state index contributed by atoms with van der Waals surface area (Å²) in [7, 11) is 0. The van der Waals surface area contributed by atoms with Gasteiger partial charge < -0.3 is 10.3 Å². The van der Waals surface area contributed by atoms with Gasteiger partial charge in [-0.25, -0.2) is 10.2 Å². The van der Waals surface area contributed by atoms with E-state index in [1.807, 2.05) is 6.92 Å². The molecule has 1 aromatic heterocycles. The van der Waals surface area contributed by atoms with Crippen LogP contribution < -0.4 is 11.2 Å². The van der Waals surface area contributed by atoms with Crippen LogP contribution >= 0.6 is 0 Å². The van der Waals surface area contributed by atoms with E-state index < -0.39 is 6.03 Å². The highest BCUT2D eigenvalue weighted by molar-refractivity contribution is 5.83. The molecule has 2 amide bonds. The molecule has 5 nitrogen and oxygen atoms in total. The lowest BCUT2D eigenvalue weighted by Crippen LogP contribution is -2.24. The second kappa shape index (κ2) is 5.67. The molecule has 114 valence electrons. The summed E-state index contributed by atoms with van der Waals surface area (Å²) in [5, 5.41) is 3.85. The van der Waals surface area contributed by atoms with E-state index in [2.05, 4.69) is 46.3 Å². The number of nitrogens with two attached hydrogens (primary N) is 1. The molecule has 3 N–H and O–H groups in total. The fraction of sp³-hybridized carbons (Fsp3) is 0.294. The molecule has 0 aliphatic heterocycles. The molecular formula is C17H20N4O. The summed E-state index contributed by atoms with van der Waals surface area (Å²) in [5.74, 6) is 0. The minimum absolute atomic E-state index is 0.663. The molecule has 1 aromatic carbocycles. The van der Waals surface area contributed by atoms with Crippen LogP contribution in [0, 0.1) is 13.8 Å². The molecule has 0 saturated carbocycles. The first-order valence-corrected chi connectivity index (χ1v) is 7.46. The second-order valence-corrected chi connectivity index (χ2v) is 5.70. The van der Waals surface area contributed by atoms with Gasteiger partial charge in [0.25, 0.3) is 0 Å². The Hall–Kier alpha value is -2.56. The fourth-order valence-corrected chi connectivity index (χ4v) is 3.18. The predicted octanol–water partition coefficient (Wildman–Crippen LogP) is 2.59. The number of aryl methyl sites for hydroxylation is 3. The SMILES string of the molecule is Cc1cc(/C=N/NC(N)=O)c(C)n1-c1ccc2c(c1)CCC2. The van der Waals surface area contributed by atoms with Gasteiger partial charge in [0.15, 0.2) is 0 Å².